The Labute approximate surface area is 168 Å². The number of nitrogens with one attached hydrogen (secondary N) is 2. The zero-order valence-corrected chi connectivity index (χ0v) is 17.0. The van der Waals surface area contributed by atoms with Gasteiger partial charge in [0.1, 0.15) is 0 Å². The van der Waals surface area contributed by atoms with Crippen LogP contribution in [0.15, 0.2) is 30.3 Å². The molecule has 2 heterocycles. The molecule has 0 aliphatic carbocycles. The molecule has 0 bridgehead atoms. The van der Waals surface area contributed by atoms with Crippen molar-refractivity contribution in [3.63, 3.8) is 0 Å². The summed E-state index contributed by atoms with van der Waals surface area (Å²) in [6.07, 6.45) is 1.61. The maximum atomic E-state index is 12.8. The molecule has 0 unspecified atom stereocenters. The van der Waals surface area contributed by atoms with E-state index in [0.717, 1.165) is 28.2 Å². The average molecular weight is 401 g/mol. The summed E-state index contributed by atoms with van der Waals surface area (Å²) in [4.78, 5) is 16.1. The normalized spacial score (nSPS) is 22.5. The van der Waals surface area contributed by atoms with Gasteiger partial charge in [-0.2, -0.15) is 5.26 Å². The van der Waals surface area contributed by atoms with Crippen LogP contribution in [0.1, 0.15) is 37.1 Å². The van der Waals surface area contributed by atoms with Crippen LogP contribution in [0.3, 0.4) is 0 Å². The highest BCUT2D eigenvalue weighted by Gasteiger charge is 2.47. The summed E-state index contributed by atoms with van der Waals surface area (Å²) in [6, 6.07) is 11.3. The molecular weight excluding hydrogens is 380 g/mol. The second-order valence-electron chi connectivity index (χ2n) is 6.88. The number of halogens is 1. The first-order chi connectivity index (χ1) is 12.8. The van der Waals surface area contributed by atoms with Gasteiger partial charge in [0, 0.05) is 27.4 Å². The molecule has 0 spiro atoms. The first-order valence-electron chi connectivity index (χ1n) is 8.76. The van der Waals surface area contributed by atoms with Crippen molar-refractivity contribution < 1.29 is 4.79 Å². The second kappa shape index (κ2) is 7.34. The van der Waals surface area contributed by atoms with Crippen molar-refractivity contribution in [2.75, 3.05) is 7.05 Å². The van der Waals surface area contributed by atoms with Gasteiger partial charge in [-0.15, -0.1) is 11.3 Å². The Kier molecular flexibility index (Phi) is 5.27. The lowest BCUT2D eigenvalue weighted by Crippen LogP contribution is -2.63. The molecule has 140 valence electrons. The number of nitriles is 1. The summed E-state index contributed by atoms with van der Waals surface area (Å²) in [5.41, 5.74) is 0.699. The Bertz CT molecular complexity index is 948. The highest BCUT2D eigenvalue weighted by atomic mass is 35.5. The number of thiophene rings is 1. The fraction of sp³-hybridized carbons (Fsp3) is 0.350. The van der Waals surface area contributed by atoms with Crippen LogP contribution in [-0.4, -0.2) is 23.8 Å². The third-order valence-corrected chi connectivity index (χ3v) is 6.78. The summed E-state index contributed by atoms with van der Waals surface area (Å²) >= 11 is 7.88. The summed E-state index contributed by atoms with van der Waals surface area (Å²) in [7, 11) is 1.63. The van der Waals surface area contributed by atoms with Crippen LogP contribution in [0.25, 0.3) is 10.4 Å². The molecule has 1 fully saturated rings. The monoisotopic (exact) mass is 400 g/mol. The van der Waals surface area contributed by atoms with E-state index in [1.165, 1.54) is 16.2 Å². The SMILES string of the molecule is CCC[C@@H]1C(=O)N(C)C(=N)N[C@]1(C)c1ccc(-c2cc(C#N)ccc2Cl)s1. The summed E-state index contributed by atoms with van der Waals surface area (Å²) in [5.74, 6) is -0.189. The summed E-state index contributed by atoms with van der Waals surface area (Å²) < 4.78 is 0. The molecule has 5 nitrogen and oxygen atoms in total. The summed E-state index contributed by atoms with van der Waals surface area (Å²) in [6.45, 7) is 4.04. The van der Waals surface area contributed by atoms with Gasteiger partial charge < -0.3 is 5.32 Å². The number of carbonyl (C=O) groups is 1. The van der Waals surface area contributed by atoms with E-state index in [4.69, 9.17) is 22.3 Å². The molecule has 27 heavy (non-hydrogen) atoms. The van der Waals surface area contributed by atoms with Crippen LogP contribution in [-0.2, 0) is 10.3 Å². The van der Waals surface area contributed by atoms with E-state index in [9.17, 15) is 4.79 Å². The highest BCUT2D eigenvalue weighted by Crippen LogP contribution is 2.43. The van der Waals surface area contributed by atoms with Crippen molar-refractivity contribution in [2.24, 2.45) is 5.92 Å². The van der Waals surface area contributed by atoms with Gasteiger partial charge in [-0.25, -0.2) is 0 Å². The van der Waals surface area contributed by atoms with E-state index in [0.29, 0.717) is 10.6 Å². The van der Waals surface area contributed by atoms with Crippen LogP contribution in [0.2, 0.25) is 5.02 Å². The Morgan fingerprint density at radius 1 is 1.41 bits per heavy atom. The molecule has 1 aliphatic heterocycles. The van der Waals surface area contributed by atoms with Crippen LogP contribution in [0.5, 0.6) is 0 Å². The Morgan fingerprint density at radius 2 is 2.15 bits per heavy atom. The van der Waals surface area contributed by atoms with Gasteiger partial charge in [0.25, 0.3) is 0 Å². The summed E-state index contributed by atoms with van der Waals surface area (Å²) in [5, 5.41) is 21.1. The van der Waals surface area contributed by atoms with Crippen molar-refractivity contribution in [1.29, 1.82) is 10.7 Å². The number of hydrogen-bond donors (Lipinski definition) is 2. The lowest BCUT2D eigenvalue weighted by Gasteiger charge is -2.45. The molecular formula is C20H21ClN4OS. The molecule has 7 heteroatoms. The topological polar surface area (TPSA) is 80.0 Å². The maximum Gasteiger partial charge on any atom is 0.234 e. The fourth-order valence-corrected chi connectivity index (χ4v) is 4.96. The van der Waals surface area contributed by atoms with Gasteiger partial charge in [-0.05, 0) is 43.7 Å². The Morgan fingerprint density at radius 3 is 2.81 bits per heavy atom. The zero-order valence-electron chi connectivity index (χ0n) is 15.5. The molecule has 1 amide bonds. The van der Waals surface area contributed by atoms with Crippen molar-refractivity contribution in [2.45, 2.75) is 32.2 Å². The first kappa shape index (κ1) is 19.4. The molecule has 2 aromatic rings. The third kappa shape index (κ3) is 3.33. The predicted molar refractivity (Wildman–Crippen MR) is 109 cm³/mol. The third-order valence-electron chi connectivity index (χ3n) is 5.10. The van der Waals surface area contributed by atoms with E-state index in [1.807, 2.05) is 19.1 Å². The largest absolute Gasteiger partial charge is 0.345 e. The lowest BCUT2D eigenvalue weighted by molar-refractivity contribution is -0.135. The van der Waals surface area contributed by atoms with Gasteiger partial charge in [0.2, 0.25) is 5.91 Å². The smallest absolute Gasteiger partial charge is 0.234 e. The van der Waals surface area contributed by atoms with E-state index in [-0.39, 0.29) is 17.8 Å². The number of carbonyl (C=O) groups excluding carboxylic acids is 1. The lowest BCUT2D eigenvalue weighted by atomic mass is 9.79. The number of amides is 1. The molecule has 2 N–H and O–H groups in total. The number of benzene rings is 1. The molecule has 1 aromatic heterocycles. The minimum atomic E-state index is -0.654. The molecule has 1 aromatic carbocycles. The zero-order chi connectivity index (χ0) is 19.8. The maximum absolute atomic E-state index is 12.8. The van der Waals surface area contributed by atoms with Gasteiger partial charge >= 0.3 is 0 Å². The fourth-order valence-electron chi connectivity index (χ4n) is 3.49. The van der Waals surface area contributed by atoms with E-state index in [2.05, 4.69) is 18.3 Å². The highest BCUT2D eigenvalue weighted by molar-refractivity contribution is 7.15. The van der Waals surface area contributed by atoms with Gasteiger partial charge in [-0.1, -0.05) is 24.9 Å². The molecule has 0 radical (unpaired) electrons. The minimum absolute atomic E-state index is 0.0393. The van der Waals surface area contributed by atoms with Crippen molar-refractivity contribution >= 4 is 34.8 Å². The van der Waals surface area contributed by atoms with Crippen molar-refractivity contribution in [1.82, 2.24) is 10.2 Å². The molecule has 0 saturated carbocycles. The van der Waals surface area contributed by atoms with Crippen LogP contribution < -0.4 is 5.32 Å². The minimum Gasteiger partial charge on any atom is -0.345 e. The van der Waals surface area contributed by atoms with E-state index in [1.54, 1.807) is 25.2 Å². The van der Waals surface area contributed by atoms with Gasteiger partial charge in [0.15, 0.2) is 5.96 Å². The predicted octanol–water partition coefficient (Wildman–Crippen LogP) is 4.57. The standard InChI is InChI=1S/C20H21ClN4OS/c1-4-5-14-18(26)25(3)19(23)24-20(14,2)17-9-8-16(27-17)13-10-12(11-22)6-7-15(13)21/h6-10,14H,4-5H2,1-3H3,(H2,23,24)/t14-,20+/m1/s1. The molecule has 3 rings (SSSR count). The first-order valence-corrected chi connectivity index (χ1v) is 9.96. The van der Waals surface area contributed by atoms with Crippen LogP contribution >= 0.6 is 22.9 Å². The number of rotatable bonds is 4. The van der Waals surface area contributed by atoms with E-state index < -0.39 is 5.54 Å². The van der Waals surface area contributed by atoms with Crippen LogP contribution in [0, 0.1) is 22.7 Å². The Hall–Kier alpha value is -2.36. The average Bonchev–Trinajstić information content (AvgIpc) is 3.14. The number of nitrogens with zero attached hydrogens (tertiary/aromatic N) is 2. The van der Waals surface area contributed by atoms with Gasteiger partial charge in [-0.3, -0.25) is 15.1 Å². The van der Waals surface area contributed by atoms with Crippen molar-refractivity contribution in [3.8, 4) is 16.5 Å². The number of hydrogen-bond acceptors (Lipinski definition) is 4. The van der Waals surface area contributed by atoms with Gasteiger partial charge in [0.05, 0.1) is 23.1 Å². The molecule has 1 aliphatic rings. The Balaban J connectivity index is 2.05. The van der Waals surface area contributed by atoms with E-state index >= 15 is 0 Å². The molecule has 1 saturated heterocycles. The van der Waals surface area contributed by atoms with Crippen molar-refractivity contribution in [3.05, 3.63) is 45.8 Å². The number of guanidine groups is 1. The quantitative estimate of drug-likeness (QED) is 0.788. The second-order valence-corrected chi connectivity index (χ2v) is 8.38. The van der Waals surface area contributed by atoms with Crippen LogP contribution in [0.4, 0.5) is 0 Å². The molecule has 2 atom stereocenters.